The molecule has 1 aromatic heterocycles. The Morgan fingerprint density at radius 2 is 2.11 bits per heavy atom. The molecule has 3 rings (SSSR count). The Balaban J connectivity index is 2.08. The van der Waals surface area contributed by atoms with Crippen LogP contribution in [0.25, 0.3) is 0 Å². The molecule has 2 aromatic rings. The number of ether oxygens (including phenoxy) is 3. The molecule has 0 amide bonds. The Hall–Kier alpha value is -3.14. The molecule has 0 unspecified atom stereocenters. The van der Waals surface area contributed by atoms with Crippen molar-refractivity contribution in [3.63, 3.8) is 0 Å². The first-order chi connectivity index (χ1) is 13.0. The number of aromatic nitrogens is 2. The number of nitrogens with zero attached hydrogens (tertiary/aromatic N) is 2. The van der Waals surface area contributed by atoms with Crippen LogP contribution >= 0.6 is 0 Å². The lowest BCUT2D eigenvalue weighted by Gasteiger charge is -2.24. The molecule has 0 bridgehead atoms. The van der Waals surface area contributed by atoms with Crippen LogP contribution in [-0.2, 0) is 0 Å². The minimum absolute atomic E-state index is 0.0691. The number of aromatic amines is 1. The molecular weight excluding hydrogens is 344 g/mol. The van der Waals surface area contributed by atoms with Crippen LogP contribution in [0.5, 0.6) is 17.4 Å². The summed E-state index contributed by atoms with van der Waals surface area (Å²) in [5, 5.41) is 16.7. The van der Waals surface area contributed by atoms with Gasteiger partial charge in [-0.1, -0.05) is 19.9 Å². The second kappa shape index (κ2) is 7.62. The molecule has 1 aromatic carbocycles. The summed E-state index contributed by atoms with van der Waals surface area (Å²) < 4.78 is 17.2. The van der Waals surface area contributed by atoms with Crippen LogP contribution in [0.1, 0.15) is 43.5 Å². The van der Waals surface area contributed by atoms with Crippen molar-refractivity contribution < 1.29 is 14.2 Å². The fraction of sp³-hybridized carbons (Fsp3) is 0.400. The third kappa shape index (κ3) is 3.56. The summed E-state index contributed by atoms with van der Waals surface area (Å²) >= 11 is 0. The molecule has 7 nitrogen and oxygen atoms in total. The van der Waals surface area contributed by atoms with Crippen LogP contribution in [-0.4, -0.2) is 23.4 Å². The summed E-state index contributed by atoms with van der Waals surface area (Å²) in [5.74, 6) is 1.81. The van der Waals surface area contributed by atoms with E-state index >= 15 is 0 Å². The first-order valence-corrected chi connectivity index (χ1v) is 8.98. The molecule has 1 aliphatic rings. The molecule has 0 fully saturated rings. The third-order valence-corrected chi connectivity index (χ3v) is 4.30. The van der Waals surface area contributed by atoms with Gasteiger partial charge in [0.1, 0.15) is 11.6 Å². The van der Waals surface area contributed by atoms with Crippen LogP contribution < -0.4 is 19.9 Å². The number of allylic oxidation sites excluding steroid dienone is 1. The normalized spacial score (nSPS) is 15.9. The Morgan fingerprint density at radius 3 is 2.78 bits per heavy atom. The second-order valence-corrected chi connectivity index (χ2v) is 6.84. The molecule has 2 heterocycles. The molecule has 7 heteroatoms. The summed E-state index contributed by atoms with van der Waals surface area (Å²) in [7, 11) is 0. The van der Waals surface area contributed by atoms with Crippen LogP contribution in [0.4, 0.5) is 0 Å². The zero-order valence-corrected chi connectivity index (χ0v) is 16.0. The van der Waals surface area contributed by atoms with E-state index in [0.29, 0.717) is 42.1 Å². The van der Waals surface area contributed by atoms with Gasteiger partial charge in [-0.3, -0.25) is 5.10 Å². The summed E-state index contributed by atoms with van der Waals surface area (Å²) in [6.45, 7) is 9.10. The summed E-state index contributed by atoms with van der Waals surface area (Å²) in [6, 6.07) is 7.88. The predicted octanol–water partition coefficient (Wildman–Crippen LogP) is 3.37. The molecule has 0 aliphatic carbocycles. The van der Waals surface area contributed by atoms with E-state index < -0.39 is 0 Å². The van der Waals surface area contributed by atoms with Crippen LogP contribution in [0.3, 0.4) is 0 Å². The molecule has 0 saturated heterocycles. The van der Waals surface area contributed by atoms with Gasteiger partial charge in [-0.15, -0.1) is 5.10 Å². The van der Waals surface area contributed by atoms with Crippen LogP contribution in [0.15, 0.2) is 29.7 Å². The number of hydrogen-bond acceptors (Lipinski definition) is 6. The van der Waals surface area contributed by atoms with E-state index in [1.165, 1.54) is 0 Å². The highest BCUT2D eigenvalue weighted by Crippen LogP contribution is 2.44. The number of benzene rings is 1. The van der Waals surface area contributed by atoms with Gasteiger partial charge in [0.05, 0.1) is 19.1 Å². The van der Waals surface area contributed by atoms with Crippen LogP contribution in [0, 0.1) is 24.2 Å². The number of rotatable bonds is 6. The van der Waals surface area contributed by atoms with E-state index in [2.05, 4.69) is 30.1 Å². The van der Waals surface area contributed by atoms with Crippen molar-refractivity contribution >= 4 is 0 Å². The molecule has 0 radical (unpaired) electrons. The van der Waals surface area contributed by atoms with Crippen LogP contribution in [0.2, 0.25) is 0 Å². The minimum atomic E-state index is -0.379. The zero-order chi connectivity index (χ0) is 19.6. The molecule has 27 heavy (non-hydrogen) atoms. The highest BCUT2D eigenvalue weighted by atomic mass is 16.5. The standard InChI is InChI=1S/C20H24N4O3/c1-5-25-16-8-13(6-7-15(16)26-10-11(2)3)18-14(9-21)19(22)27-20-17(18)12(4)23-24-20/h6-8,11,18H,5,10,22H2,1-4H3,(H,23,24)/t18-/m0/s1. The van der Waals surface area contributed by atoms with Gasteiger partial charge in [-0.25, -0.2) is 0 Å². The quantitative estimate of drug-likeness (QED) is 0.810. The van der Waals surface area contributed by atoms with Crippen molar-refractivity contribution in [1.29, 1.82) is 5.26 Å². The van der Waals surface area contributed by atoms with E-state index in [0.717, 1.165) is 16.8 Å². The van der Waals surface area contributed by atoms with Gasteiger partial charge in [-0.2, -0.15) is 5.26 Å². The number of aryl methyl sites for hydroxylation is 1. The highest BCUT2D eigenvalue weighted by molar-refractivity contribution is 5.57. The molecule has 3 N–H and O–H groups in total. The maximum absolute atomic E-state index is 9.67. The molecule has 0 spiro atoms. The van der Waals surface area contributed by atoms with Crippen molar-refractivity contribution in [3.05, 3.63) is 46.5 Å². The lowest BCUT2D eigenvalue weighted by atomic mass is 9.84. The van der Waals surface area contributed by atoms with Gasteiger partial charge in [0.15, 0.2) is 11.5 Å². The smallest absolute Gasteiger partial charge is 0.244 e. The van der Waals surface area contributed by atoms with E-state index in [4.69, 9.17) is 19.9 Å². The SMILES string of the molecule is CCOc1cc([C@H]2C(C#N)=C(N)Oc3n[nH]c(C)c32)ccc1OCC(C)C. The topological polar surface area (TPSA) is 106 Å². The Labute approximate surface area is 158 Å². The largest absolute Gasteiger partial charge is 0.490 e. The predicted molar refractivity (Wildman–Crippen MR) is 101 cm³/mol. The fourth-order valence-corrected chi connectivity index (χ4v) is 3.08. The molecule has 1 aliphatic heterocycles. The van der Waals surface area contributed by atoms with Crippen molar-refractivity contribution in [1.82, 2.24) is 10.2 Å². The van der Waals surface area contributed by atoms with Crippen molar-refractivity contribution in [3.8, 4) is 23.4 Å². The van der Waals surface area contributed by atoms with E-state index in [-0.39, 0.29) is 11.8 Å². The minimum Gasteiger partial charge on any atom is -0.490 e. The zero-order valence-electron chi connectivity index (χ0n) is 16.0. The number of nitriles is 1. The summed E-state index contributed by atoms with van der Waals surface area (Å²) in [4.78, 5) is 0. The highest BCUT2D eigenvalue weighted by Gasteiger charge is 2.34. The van der Waals surface area contributed by atoms with Gasteiger partial charge in [0, 0.05) is 11.3 Å². The maximum Gasteiger partial charge on any atom is 0.244 e. The molecule has 0 saturated carbocycles. The van der Waals surface area contributed by atoms with Gasteiger partial charge >= 0.3 is 0 Å². The Bertz CT molecular complexity index is 908. The average molecular weight is 368 g/mol. The number of nitrogens with one attached hydrogen (secondary N) is 1. The van der Waals surface area contributed by atoms with Gasteiger partial charge in [0.2, 0.25) is 11.8 Å². The van der Waals surface area contributed by atoms with Gasteiger partial charge in [-0.05, 0) is 37.5 Å². The third-order valence-electron chi connectivity index (χ3n) is 4.30. The molecular formula is C20H24N4O3. The van der Waals surface area contributed by atoms with Gasteiger partial charge in [0.25, 0.3) is 0 Å². The average Bonchev–Trinajstić information content (AvgIpc) is 3.00. The van der Waals surface area contributed by atoms with Crippen molar-refractivity contribution in [2.24, 2.45) is 11.7 Å². The van der Waals surface area contributed by atoms with E-state index in [9.17, 15) is 5.26 Å². The molecule has 1 atom stereocenters. The van der Waals surface area contributed by atoms with E-state index in [1.54, 1.807) is 0 Å². The first kappa shape index (κ1) is 18.6. The number of nitrogens with two attached hydrogens (primary N) is 1. The Kier molecular flexibility index (Phi) is 5.26. The van der Waals surface area contributed by atoms with E-state index in [1.807, 2.05) is 32.0 Å². The lowest BCUT2D eigenvalue weighted by Crippen LogP contribution is -2.21. The summed E-state index contributed by atoms with van der Waals surface area (Å²) in [5.41, 5.74) is 8.82. The molecule has 142 valence electrons. The number of H-pyrrole nitrogens is 1. The fourth-order valence-electron chi connectivity index (χ4n) is 3.08. The number of fused-ring (bicyclic) bond motifs is 1. The first-order valence-electron chi connectivity index (χ1n) is 8.98. The summed E-state index contributed by atoms with van der Waals surface area (Å²) in [6.07, 6.45) is 0. The maximum atomic E-state index is 9.67. The number of hydrogen-bond donors (Lipinski definition) is 2. The monoisotopic (exact) mass is 368 g/mol. The second-order valence-electron chi connectivity index (χ2n) is 6.84. The van der Waals surface area contributed by atoms with Crippen molar-refractivity contribution in [2.45, 2.75) is 33.6 Å². The lowest BCUT2D eigenvalue weighted by molar-refractivity contribution is 0.248. The van der Waals surface area contributed by atoms with Crippen molar-refractivity contribution in [2.75, 3.05) is 13.2 Å². The van der Waals surface area contributed by atoms with Gasteiger partial charge < -0.3 is 19.9 Å². The Morgan fingerprint density at radius 1 is 1.33 bits per heavy atom.